The minimum absolute atomic E-state index is 0.121. The second kappa shape index (κ2) is 4.42. The largest absolute Gasteiger partial charge is 0.461 e. The van der Waals surface area contributed by atoms with Gasteiger partial charge in [0.05, 0.1) is 0 Å². The van der Waals surface area contributed by atoms with Crippen molar-refractivity contribution < 1.29 is 9.53 Å². The number of esters is 1. The molecule has 2 unspecified atom stereocenters. The van der Waals surface area contributed by atoms with Gasteiger partial charge >= 0.3 is 5.97 Å². The maximum atomic E-state index is 11.4. The lowest BCUT2D eigenvalue weighted by atomic mass is 10.0. The molecule has 0 aromatic rings. The first-order valence-corrected chi connectivity index (χ1v) is 6.56. The molecule has 2 heterocycles. The average Bonchev–Trinajstić information content (AvgIpc) is 2.41. The summed E-state index contributed by atoms with van der Waals surface area (Å²) >= 11 is 3.24. The van der Waals surface area contributed by atoms with Crippen molar-refractivity contribution in [3.05, 3.63) is 0 Å². The molecular formula is C11H18BrNO2. The molecule has 2 fully saturated rings. The van der Waals surface area contributed by atoms with Gasteiger partial charge < -0.3 is 9.64 Å². The van der Waals surface area contributed by atoms with E-state index in [4.69, 9.17) is 4.74 Å². The molecule has 15 heavy (non-hydrogen) atoms. The van der Waals surface area contributed by atoms with Crippen LogP contribution in [0.4, 0.5) is 0 Å². The van der Waals surface area contributed by atoms with Crippen LogP contribution in [0, 0.1) is 0 Å². The summed E-state index contributed by atoms with van der Waals surface area (Å²) in [7, 11) is 2.19. The molecule has 4 atom stereocenters. The SMILES string of the molecule is CC(Br)C(=O)OC1C[C@H]2CC[C@@H](C1)N2C. The molecule has 2 bridgehead atoms. The van der Waals surface area contributed by atoms with Crippen LogP contribution in [-0.4, -0.2) is 40.9 Å². The Balaban J connectivity index is 1.89. The van der Waals surface area contributed by atoms with Crippen LogP contribution in [0.3, 0.4) is 0 Å². The van der Waals surface area contributed by atoms with Gasteiger partial charge in [-0.1, -0.05) is 15.9 Å². The number of carbonyl (C=O) groups excluding carboxylic acids is 1. The summed E-state index contributed by atoms with van der Waals surface area (Å²) < 4.78 is 5.47. The van der Waals surface area contributed by atoms with E-state index in [1.54, 1.807) is 0 Å². The lowest BCUT2D eigenvalue weighted by molar-refractivity contribution is -0.151. The molecular weight excluding hydrogens is 258 g/mol. The summed E-state index contributed by atoms with van der Waals surface area (Å²) in [4.78, 5) is 13.7. The highest BCUT2D eigenvalue weighted by Gasteiger charge is 2.39. The molecule has 0 N–H and O–H groups in total. The van der Waals surface area contributed by atoms with E-state index in [0.717, 1.165) is 12.8 Å². The quantitative estimate of drug-likeness (QED) is 0.570. The summed E-state index contributed by atoms with van der Waals surface area (Å²) in [5, 5.41) is 0. The molecule has 0 saturated carbocycles. The minimum atomic E-state index is -0.185. The molecule has 2 rings (SSSR count). The first kappa shape index (κ1) is 11.4. The van der Waals surface area contributed by atoms with E-state index in [9.17, 15) is 4.79 Å². The van der Waals surface area contributed by atoms with E-state index in [-0.39, 0.29) is 16.9 Å². The van der Waals surface area contributed by atoms with Crippen LogP contribution in [0.2, 0.25) is 0 Å². The zero-order valence-corrected chi connectivity index (χ0v) is 10.9. The number of nitrogens with zero attached hydrogens (tertiary/aromatic N) is 1. The Kier molecular flexibility index (Phi) is 3.36. The van der Waals surface area contributed by atoms with Gasteiger partial charge in [0, 0.05) is 12.1 Å². The Labute approximate surface area is 99.3 Å². The van der Waals surface area contributed by atoms with E-state index in [1.165, 1.54) is 12.8 Å². The molecule has 0 aromatic heterocycles. The molecule has 0 radical (unpaired) electrons. The Morgan fingerprint density at radius 3 is 2.40 bits per heavy atom. The van der Waals surface area contributed by atoms with Gasteiger partial charge in [-0.05, 0) is 39.7 Å². The molecule has 4 heteroatoms. The second-order valence-corrected chi connectivity index (χ2v) is 6.07. The van der Waals surface area contributed by atoms with Crippen LogP contribution in [0.1, 0.15) is 32.6 Å². The fourth-order valence-corrected chi connectivity index (χ4v) is 2.82. The summed E-state index contributed by atoms with van der Waals surface area (Å²) in [5.74, 6) is -0.121. The number of fused-ring (bicyclic) bond motifs is 2. The number of alkyl halides is 1. The topological polar surface area (TPSA) is 29.5 Å². The summed E-state index contributed by atoms with van der Waals surface area (Å²) in [6.45, 7) is 1.81. The average molecular weight is 276 g/mol. The highest BCUT2D eigenvalue weighted by Crippen LogP contribution is 2.35. The predicted octanol–water partition coefficient (Wildman–Crippen LogP) is 1.94. The van der Waals surface area contributed by atoms with E-state index in [0.29, 0.717) is 12.1 Å². The van der Waals surface area contributed by atoms with Gasteiger partial charge in [-0.15, -0.1) is 0 Å². The maximum Gasteiger partial charge on any atom is 0.319 e. The summed E-state index contributed by atoms with van der Waals surface area (Å²) in [6, 6.07) is 1.26. The van der Waals surface area contributed by atoms with Crippen molar-refractivity contribution in [3.8, 4) is 0 Å². The molecule has 86 valence electrons. The highest BCUT2D eigenvalue weighted by molar-refractivity contribution is 9.10. The van der Waals surface area contributed by atoms with Gasteiger partial charge in [-0.2, -0.15) is 0 Å². The third kappa shape index (κ3) is 2.36. The van der Waals surface area contributed by atoms with Gasteiger partial charge in [-0.3, -0.25) is 4.79 Å². The number of carbonyl (C=O) groups is 1. The van der Waals surface area contributed by atoms with Gasteiger partial charge in [0.2, 0.25) is 0 Å². The first-order chi connectivity index (χ1) is 7.08. The number of halogens is 1. The summed E-state index contributed by atoms with van der Waals surface area (Å²) in [5.41, 5.74) is 0. The zero-order chi connectivity index (χ0) is 11.0. The van der Waals surface area contributed by atoms with Crippen molar-refractivity contribution in [2.45, 2.75) is 55.6 Å². The van der Waals surface area contributed by atoms with Gasteiger partial charge in [0.25, 0.3) is 0 Å². The molecule has 0 spiro atoms. The van der Waals surface area contributed by atoms with Crippen LogP contribution in [0.5, 0.6) is 0 Å². The Hall–Kier alpha value is -0.0900. The number of ether oxygens (including phenoxy) is 1. The molecule has 2 aliphatic heterocycles. The summed E-state index contributed by atoms with van der Waals surface area (Å²) in [6.07, 6.45) is 4.70. The van der Waals surface area contributed by atoms with Crippen molar-refractivity contribution in [1.82, 2.24) is 4.90 Å². The molecule has 2 aliphatic rings. The standard InChI is InChI=1S/C11H18BrNO2/c1-7(12)11(14)15-10-5-8-3-4-9(6-10)13(8)2/h7-10H,3-6H2,1-2H3/t7?,8-,9+,10?. The smallest absolute Gasteiger partial charge is 0.319 e. The lowest BCUT2D eigenvalue weighted by Crippen LogP contribution is -2.43. The number of hydrogen-bond donors (Lipinski definition) is 0. The van der Waals surface area contributed by atoms with Gasteiger partial charge in [0.1, 0.15) is 10.9 Å². The van der Waals surface area contributed by atoms with Crippen LogP contribution < -0.4 is 0 Å². The first-order valence-electron chi connectivity index (χ1n) is 5.64. The van der Waals surface area contributed by atoms with Crippen molar-refractivity contribution >= 4 is 21.9 Å². The molecule has 3 nitrogen and oxygen atoms in total. The van der Waals surface area contributed by atoms with E-state index in [1.807, 2.05) is 6.92 Å². The van der Waals surface area contributed by atoms with Crippen molar-refractivity contribution in [3.63, 3.8) is 0 Å². The van der Waals surface area contributed by atoms with E-state index >= 15 is 0 Å². The van der Waals surface area contributed by atoms with Crippen LogP contribution in [0.15, 0.2) is 0 Å². The van der Waals surface area contributed by atoms with Crippen LogP contribution in [-0.2, 0) is 9.53 Å². The minimum Gasteiger partial charge on any atom is -0.461 e. The second-order valence-electron chi connectivity index (χ2n) is 4.70. The predicted molar refractivity (Wildman–Crippen MR) is 62.1 cm³/mol. The Bertz CT molecular complexity index is 243. The van der Waals surface area contributed by atoms with Crippen LogP contribution in [0.25, 0.3) is 0 Å². The number of piperidine rings is 1. The van der Waals surface area contributed by atoms with Gasteiger partial charge in [-0.25, -0.2) is 0 Å². The Morgan fingerprint density at radius 1 is 1.40 bits per heavy atom. The van der Waals surface area contributed by atoms with Crippen LogP contribution >= 0.6 is 15.9 Å². The number of hydrogen-bond acceptors (Lipinski definition) is 3. The third-order valence-electron chi connectivity index (χ3n) is 3.66. The van der Waals surface area contributed by atoms with E-state index < -0.39 is 0 Å². The molecule has 0 aliphatic carbocycles. The molecule has 0 aromatic carbocycles. The van der Waals surface area contributed by atoms with Crippen molar-refractivity contribution in [2.24, 2.45) is 0 Å². The maximum absolute atomic E-state index is 11.4. The molecule has 2 saturated heterocycles. The lowest BCUT2D eigenvalue weighted by Gasteiger charge is -2.35. The highest BCUT2D eigenvalue weighted by atomic mass is 79.9. The van der Waals surface area contributed by atoms with Crippen molar-refractivity contribution in [1.29, 1.82) is 0 Å². The Morgan fingerprint density at radius 2 is 1.93 bits per heavy atom. The molecule has 0 amide bonds. The normalized spacial score (nSPS) is 37.7. The number of rotatable bonds is 2. The monoisotopic (exact) mass is 275 g/mol. The third-order valence-corrected chi connectivity index (χ3v) is 4.04. The van der Waals surface area contributed by atoms with Crippen molar-refractivity contribution in [2.75, 3.05) is 7.05 Å². The van der Waals surface area contributed by atoms with Gasteiger partial charge in [0.15, 0.2) is 0 Å². The van der Waals surface area contributed by atoms with E-state index in [2.05, 4.69) is 27.9 Å². The fraction of sp³-hybridized carbons (Fsp3) is 0.909. The fourth-order valence-electron chi connectivity index (χ4n) is 2.72. The zero-order valence-electron chi connectivity index (χ0n) is 9.28.